The molecule has 0 heterocycles. The van der Waals surface area contributed by atoms with Crippen LogP contribution in [0.15, 0.2) is 23.4 Å². The molecule has 5 nitrogen and oxygen atoms in total. The molecule has 5 heteroatoms. The lowest BCUT2D eigenvalue weighted by Gasteiger charge is -2.23. The maximum absolute atomic E-state index is 12.4. The van der Waals surface area contributed by atoms with E-state index in [1.54, 1.807) is 11.9 Å². The van der Waals surface area contributed by atoms with Crippen molar-refractivity contribution in [2.75, 3.05) is 11.9 Å². The molecule has 0 aliphatic rings. The van der Waals surface area contributed by atoms with E-state index in [1.807, 2.05) is 39.0 Å². The van der Waals surface area contributed by atoms with Gasteiger partial charge in [-0.15, -0.1) is 0 Å². The van der Waals surface area contributed by atoms with E-state index in [1.165, 1.54) is 0 Å². The van der Waals surface area contributed by atoms with Crippen LogP contribution in [-0.2, 0) is 4.79 Å². The number of rotatable bonds is 4. The lowest BCUT2D eigenvalue weighted by atomic mass is 10.0. The fourth-order valence-corrected chi connectivity index (χ4v) is 2.09. The van der Waals surface area contributed by atoms with Gasteiger partial charge in [0.15, 0.2) is 5.84 Å². The number of nitrogens with two attached hydrogens (primary N) is 1. The normalized spacial score (nSPS) is 13.2. The van der Waals surface area contributed by atoms with Crippen LogP contribution in [0.1, 0.15) is 24.5 Å². The zero-order chi connectivity index (χ0) is 14.6. The van der Waals surface area contributed by atoms with Crippen LogP contribution < -0.4 is 10.6 Å². The van der Waals surface area contributed by atoms with Gasteiger partial charge in [-0.05, 0) is 43.5 Å². The number of amides is 1. The van der Waals surface area contributed by atoms with Gasteiger partial charge in [0.25, 0.3) is 0 Å². The zero-order valence-corrected chi connectivity index (χ0v) is 11.8. The number of nitrogens with zero attached hydrogens (tertiary/aromatic N) is 2. The molecule has 104 valence electrons. The molecule has 0 saturated carbocycles. The summed E-state index contributed by atoms with van der Waals surface area (Å²) < 4.78 is 0. The van der Waals surface area contributed by atoms with E-state index in [0.29, 0.717) is 6.42 Å². The van der Waals surface area contributed by atoms with Crippen LogP contribution in [0.2, 0.25) is 0 Å². The Balaban J connectivity index is 3.04. The van der Waals surface area contributed by atoms with Gasteiger partial charge >= 0.3 is 0 Å². The summed E-state index contributed by atoms with van der Waals surface area (Å²) in [6, 6.07) is 5.91. The second-order valence-electron chi connectivity index (χ2n) is 4.73. The van der Waals surface area contributed by atoms with Gasteiger partial charge in [-0.2, -0.15) is 0 Å². The molecule has 1 rings (SSSR count). The summed E-state index contributed by atoms with van der Waals surface area (Å²) in [4.78, 5) is 13.9. The van der Waals surface area contributed by atoms with Crippen molar-refractivity contribution in [1.29, 1.82) is 0 Å². The van der Waals surface area contributed by atoms with Gasteiger partial charge in [0, 0.05) is 12.7 Å². The summed E-state index contributed by atoms with van der Waals surface area (Å²) in [6.45, 7) is 5.79. The summed E-state index contributed by atoms with van der Waals surface area (Å²) in [6.07, 6.45) is 0.490. The van der Waals surface area contributed by atoms with Gasteiger partial charge in [0.2, 0.25) is 5.91 Å². The number of amidine groups is 1. The number of aryl methyl sites for hydroxylation is 2. The standard InChI is InChI=1S/C14H21N3O2/c1-5-12(13(15)16-19)14(18)17(4)11-7-9(2)6-10(3)8-11/h6-8,12,19H,5H2,1-4H3,(H2,15,16). The molecule has 19 heavy (non-hydrogen) atoms. The molecule has 1 unspecified atom stereocenters. The molecule has 1 aromatic carbocycles. The minimum Gasteiger partial charge on any atom is -0.409 e. The number of carbonyl (C=O) groups excluding carboxylic acids is 1. The minimum atomic E-state index is -0.601. The third-order valence-electron chi connectivity index (χ3n) is 3.10. The topological polar surface area (TPSA) is 78.9 Å². The van der Waals surface area contributed by atoms with Gasteiger partial charge in [0.1, 0.15) is 0 Å². The van der Waals surface area contributed by atoms with E-state index in [-0.39, 0.29) is 11.7 Å². The molecule has 1 amide bonds. The van der Waals surface area contributed by atoms with Crippen molar-refractivity contribution in [2.45, 2.75) is 27.2 Å². The fourth-order valence-electron chi connectivity index (χ4n) is 2.09. The van der Waals surface area contributed by atoms with Crippen molar-refractivity contribution in [3.05, 3.63) is 29.3 Å². The van der Waals surface area contributed by atoms with Gasteiger partial charge in [-0.1, -0.05) is 18.1 Å². The van der Waals surface area contributed by atoms with Crippen LogP contribution in [0.5, 0.6) is 0 Å². The van der Waals surface area contributed by atoms with Crippen molar-refractivity contribution >= 4 is 17.4 Å². The smallest absolute Gasteiger partial charge is 0.237 e. The molecule has 0 saturated heterocycles. The van der Waals surface area contributed by atoms with E-state index in [0.717, 1.165) is 16.8 Å². The molecule has 0 fully saturated rings. The third kappa shape index (κ3) is 3.47. The predicted molar refractivity (Wildman–Crippen MR) is 76.5 cm³/mol. The molecular formula is C14H21N3O2. The average Bonchev–Trinajstić information content (AvgIpc) is 2.37. The Morgan fingerprint density at radius 3 is 2.32 bits per heavy atom. The number of benzene rings is 1. The molecule has 0 radical (unpaired) electrons. The Labute approximate surface area is 113 Å². The predicted octanol–water partition coefficient (Wildman–Crippen LogP) is 2.04. The van der Waals surface area contributed by atoms with Gasteiger partial charge < -0.3 is 15.8 Å². The summed E-state index contributed by atoms with van der Waals surface area (Å²) in [5.41, 5.74) is 8.55. The lowest BCUT2D eigenvalue weighted by Crippen LogP contribution is -2.39. The Hall–Kier alpha value is -2.04. The SMILES string of the molecule is CCC(C(=O)N(C)c1cc(C)cc(C)c1)C(N)=NO. The van der Waals surface area contributed by atoms with Crippen molar-refractivity contribution in [3.8, 4) is 0 Å². The second kappa shape index (κ2) is 6.22. The van der Waals surface area contributed by atoms with Gasteiger partial charge in [-0.3, -0.25) is 4.79 Å². The van der Waals surface area contributed by atoms with Crippen LogP contribution in [0.3, 0.4) is 0 Å². The fraction of sp³-hybridized carbons (Fsp3) is 0.429. The summed E-state index contributed by atoms with van der Waals surface area (Å²) in [5.74, 6) is -0.831. The first kappa shape index (κ1) is 15.0. The highest BCUT2D eigenvalue weighted by molar-refractivity contribution is 6.08. The summed E-state index contributed by atoms with van der Waals surface area (Å²) >= 11 is 0. The van der Waals surface area contributed by atoms with Crippen LogP contribution in [0.25, 0.3) is 0 Å². The van der Waals surface area contributed by atoms with Gasteiger partial charge in [0.05, 0.1) is 5.92 Å². The Kier molecular flexibility index (Phi) is 4.92. The highest BCUT2D eigenvalue weighted by Gasteiger charge is 2.25. The number of carbonyl (C=O) groups is 1. The summed E-state index contributed by atoms with van der Waals surface area (Å²) in [5, 5.41) is 11.7. The van der Waals surface area contributed by atoms with Crippen LogP contribution >= 0.6 is 0 Å². The Morgan fingerprint density at radius 2 is 1.89 bits per heavy atom. The third-order valence-corrected chi connectivity index (χ3v) is 3.10. The van der Waals surface area contributed by atoms with Gasteiger partial charge in [-0.25, -0.2) is 0 Å². The number of hydrogen-bond donors (Lipinski definition) is 2. The Bertz CT molecular complexity index is 477. The average molecular weight is 263 g/mol. The minimum absolute atomic E-state index is 0.0521. The van der Waals surface area contributed by atoms with E-state index in [4.69, 9.17) is 10.9 Å². The van der Waals surface area contributed by atoms with E-state index >= 15 is 0 Å². The first-order valence-corrected chi connectivity index (χ1v) is 6.24. The van der Waals surface area contributed by atoms with E-state index < -0.39 is 5.92 Å². The van der Waals surface area contributed by atoms with E-state index in [9.17, 15) is 4.79 Å². The van der Waals surface area contributed by atoms with Crippen molar-refractivity contribution < 1.29 is 10.0 Å². The molecule has 0 bridgehead atoms. The van der Waals surface area contributed by atoms with Crippen LogP contribution in [0, 0.1) is 19.8 Å². The van der Waals surface area contributed by atoms with E-state index in [2.05, 4.69) is 5.16 Å². The summed E-state index contributed by atoms with van der Waals surface area (Å²) in [7, 11) is 1.70. The quantitative estimate of drug-likeness (QED) is 0.377. The molecule has 0 aliphatic carbocycles. The maximum atomic E-state index is 12.4. The van der Waals surface area contributed by atoms with Crippen LogP contribution in [-0.4, -0.2) is 24.0 Å². The number of oxime groups is 1. The second-order valence-corrected chi connectivity index (χ2v) is 4.73. The largest absolute Gasteiger partial charge is 0.409 e. The first-order chi connectivity index (χ1) is 8.90. The monoisotopic (exact) mass is 263 g/mol. The van der Waals surface area contributed by atoms with Crippen LogP contribution in [0.4, 0.5) is 5.69 Å². The Morgan fingerprint density at radius 1 is 1.37 bits per heavy atom. The molecule has 0 spiro atoms. The molecule has 3 N–H and O–H groups in total. The first-order valence-electron chi connectivity index (χ1n) is 6.24. The van der Waals surface area contributed by atoms with Crippen molar-refractivity contribution in [3.63, 3.8) is 0 Å². The van der Waals surface area contributed by atoms with Crippen molar-refractivity contribution in [1.82, 2.24) is 0 Å². The highest BCUT2D eigenvalue weighted by Crippen LogP contribution is 2.20. The number of anilines is 1. The maximum Gasteiger partial charge on any atom is 0.237 e. The molecule has 1 aromatic rings. The molecular weight excluding hydrogens is 242 g/mol. The highest BCUT2D eigenvalue weighted by atomic mass is 16.4. The lowest BCUT2D eigenvalue weighted by molar-refractivity contribution is -0.120. The van der Waals surface area contributed by atoms with Crippen molar-refractivity contribution in [2.24, 2.45) is 16.8 Å². The molecule has 0 aliphatic heterocycles. The molecule has 0 aromatic heterocycles. The molecule has 1 atom stereocenters. The zero-order valence-electron chi connectivity index (χ0n) is 11.8. The number of hydrogen-bond acceptors (Lipinski definition) is 3.